The predicted octanol–water partition coefficient (Wildman–Crippen LogP) is 1.44. The third kappa shape index (κ3) is 3.33. The van der Waals surface area contributed by atoms with E-state index in [9.17, 15) is 9.18 Å². The van der Waals surface area contributed by atoms with Crippen molar-refractivity contribution < 1.29 is 13.9 Å². The Hall–Kier alpha value is -2.51. The Balaban J connectivity index is 1.31. The van der Waals surface area contributed by atoms with Gasteiger partial charge in [0.25, 0.3) is 5.88 Å². The number of piperidine rings is 1. The molecule has 8 heteroatoms. The summed E-state index contributed by atoms with van der Waals surface area (Å²) in [7, 11) is 0. The van der Waals surface area contributed by atoms with Crippen LogP contribution in [0.2, 0.25) is 0 Å². The highest BCUT2D eigenvalue weighted by Crippen LogP contribution is 2.24. The highest BCUT2D eigenvalue weighted by atomic mass is 19.1. The first-order chi connectivity index (χ1) is 12.2. The maximum Gasteiger partial charge on any atom is 0.250 e. The molecule has 25 heavy (non-hydrogen) atoms. The number of carbonyl (C=O) groups excluding carboxylic acids is 1. The van der Waals surface area contributed by atoms with Crippen LogP contribution in [-0.4, -0.2) is 49.7 Å². The van der Waals surface area contributed by atoms with Crippen molar-refractivity contribution in [2.24, 2.45) is 5.92 Å². The van der Waals surface area contributed by atoms with Gasteiger partial charge in [-0.05, 0) is 18.6 Å². The van der Waals surface area contributed by atoms with Gasteiger partial charge in [0.15, 0.2) is 5.82 Å². The van der Waals surface area contributed by atoms with Crippen molar-refractivity contribution in [1.29, 1.82) is 0 Å². The number of aryl methyl sites for hydroxylation is 1. The Labute approximate surface area is 144 Å². The molecule has 2 aromatic rings. The van der Waals surface area contributed by atoms with Crippen LogP contribution < -0.4 is 4.74 Å². The molecule has 1 atom stereocenters. The van der Waals surface area contributed by atoms with Gasteiger partial charge in [-0.15, -0.1) is 10.2 Å². The Morgan fingerprint density at radius 2 is 2.12 bits per heavy atom. The highest BCUT2D eigenvalue weighted by molar-refractivity contribution is 5.79. The third-order valence-electron chi connectivity index (χ3n) is 4.94. The summed E-state index contributed by atoms with van der Waals surface area (Å²) in [6.45, 7) is 1.91. The van der Waals surface area contributed by atoms with Crippen LogP contribution in [0.3, 0.4) is 0 Å². The maximum absolute atomic E-state index is 13.6. The lowest BCUT2D eigenvalue weighted by atomic mass is 9.96. The number of hydrogen-bond acceptors (Lipinski definition) is 5. The maximum atomic E-state index is 13.6. The second kappa shape index (κ2) is 6.78. The number of ether oxygens (including phenoxy) is 1. The van der Waals surface area contributed by atoms with Gasteiger partial charge in [-0.3, -0.25) is 4.79 Å². The highest BCUT2D eigenvalue weighted by Gasteiger charge is 2.32. The average molecular weight is 345 g/mol. The molecule has 2 aromatic heterocycles. The number of carbonyl (C=O) groups is 1. The van der Waals surface area contributed by atoms with Crippen LogP contribution >= 0.6 is 0 Å². The molecule has 0 saturated carbocycles. The average Bonchev–Trinajstić information content (AvgIpc) is 3.11. The summed E-state index contributed by atoms with van der Waals surface area (Å²) in [6, 6.07) is 2.87. The van der Waals surface area contributed by atoms with E-state index in [4.69, 9.17) is 4.74 Å². The standard InChI is InChI=1S/C17H20FN5O2/c18-14-2-1-7-19-16(14)25-13-5-8-22(9-6-13)17(24)12-3-4-15-21-20-11-23(15)10-12/h1-2,7,11-13H,3-6,8-10H2. The van der Waals surface area contributed by atoms with E-state index in [0.29, 0.717) is 32.5 Å². The van der Waals surface area contributed by atoms with E-state index in [1.807, 2.05) is 9.47 Å². The van der Waals surface area contributed by atoms with Crippen molar-refractivity contribution in [1.82, 2.24) is 24.6 Å². The van der Waals surface area contributed by atoms with Gasteiger partial charge >= 0.3 is 0 Å². The van der Waals surface area contributed by atoms with E-state index in [0.717, 1.165) is 18.7 Å². The Bertz CT molecular complexity index is 757. The lowest BCUT2D eigenvalue weighted by molar-refractivity contribution is -0.138. The molecular weight excluding hydrogens is 325 g/mol. The zero-order valence-electron chi connectivity index (χ0n) is 13.8. The number of fused-ring (bicyclic) bond motifs is 1. The zero-order chi connectivity index (χ0) is 17.2. The van der Waals surface area contributed by atoms with Crippen molar-refractivity contribution in [2.45, 2.75) is 38.3 Å². The fraction of sp³-hybridized carbons (Fsp3) is 0.529. The summed E-state index contributed by atoms with van der Waals surface area (Å²) >= 11 is 0. The van der Waals surface area contributed by atoms with Crippen LogP contribution in [0, 0.1) is 11.7 Å². The minimum Gasteiger partial charge on any atom is -0.472 e. The molecule has 0 N–H and O–H groups in total. The fourth-order valence-electron chi connectivity index (χ4n) is 3.53. The largest absolute Gasteiger partial charge is 0.472 e. The summed E-state index contributed by atoms with van der Waals surface area (Å²) < 4.78 is 21.2. The topological polar surface area (TPSA) is 73.1 Å². The minimum absolute atomic E-state index is 0.0193. The number of nitrogens with zero attached hydrogens (tertiary/aromatic N) is 5. The molecule has 132 valence electrons. The normalized spacial score (nSPS) is 21.0. The van der Waals surface area contributed by atoms with Crippen LogP contribution in [-0.2, 0) is 17.8 Å². The number of rotatable bonds is 3. The molecule has 0 aliphatic carbocycles. The number of likely N-dealkylation sites (tertiary alicyclic amines) is 1. The summed E-state index contributed by atoms with van der Waals surface area (Å²) in [5, 5.41) is 7.96. The molecule has 4 heterocycles. The molecule has 0 spiro atoms. The number of pyridine rings is 1. The molecule has 0 radical (unpaired) electrons. The minimum atomic E-state index is -0.451. The molecule has 7 nitrogen and oxygen atoms in total. The lowest BCUT2D eigenvalue weighted by Gasteiger charge is -2.35. The summed E-state index contributed by atoms with van der Waals surface area (Å²) in [6.07, 6.45) is 6.07. The van der Waals surface area contributed by atoms with E-state index in [1.165, 1.54) is 18.3 Å². The van der Waals surface area contributed by atoms with Crippen molar-refractivity contribution >= 4 is 5.91 Å². The summed E-state index contributed by atoms with van der Waals surface area (Å²) in [5.74, 6) is 0.706. The first-order valence-electron chi connectivity index (χ1n) is 8.63. The third-order valence-corrected chi connectivity index (χ3v) is 4.94. The second-order valence-electron chi connectivity index (χ2n) is 6.57. The van der Waals surface area contributed by atoms with Crippen LogP contribution in [0.25, 0.3) is 0 Å². The quantitative estimate of drug-likeness (QED) is 0.842. The number of amides is 1. The van der Waals surface area contributed by atoms with Gasteiger partial charge in [-0.25, -0.2) is 9.37 Å². The predicted molar refractivity (Wildman–Crippen MR) is 86.3 cm³/mol. The van der Waals surface area contributed by atoms with E-state index in [1.54, 1.807) is 6.33 Å². The van der Waals surface area contributed by atoms with Crippen LogP contribution in [0.15, 0.2) is 24.7 Å². The Kier molecular flexibility index (Phi) is 4.33. The van der Waals surface area contributed by atoms with Crippen molar-refractivity contribution in [2.75, 3.05) is 13.1 Å². The Morgan fingerprint density at radius 1 is 1.28 bits per heavy atom. The molecule has 2 aliphatic rings. The summed E-state index contributed by atoms with van der Waals surface area (Å²) in [4.78, 5) is 18.6. The van der Waals surface area contributed by atoms with E-state index in [-0.39, 0.29) is 23.8 Å². The lowest BCUT2D eigenvalue weighted by Crippen LogP contribution is -2.46. The van der Waals surface area contributed by atoms with Gasteiger partial charge in [0, 0.05) is 45.1 Å². The fourth-order valence-corrected chi connectivity index (χ4v) is 3.53. The van der Waals surface area contributed by atoms with E-state index in [2.05, 4.69) is 15.2 Å². The van der Waals surface area contributed by atoms with Gasteiger partial charge in [-0.2, -0.15) is 0 Å². The van der Waals surface area contributed by atoms with E-state index < -0.39 is 5.82 Å². The van der Waals surface area contributed by atoms with E-state index >= 15 is 0 Å². The van der Waals surface area contributed by atoms with Crippen molar-refractivity contribution in [3.63, 3.8) is 0 Å². The summed E-state index contributed by atoms with van der Waals surface area (Å²) in [5.41, 5.74) is 0. The van der Waals surface area contributed by atoms with Crippen molar-refractivity contribution in [3.05, 3.63) is 36.3 Å². The molecule has 1 unspecified atom stereocenters. The molecule has 0 aromatic carbocycles. The van der Waals surface area contributed by atoms with Crippen LogP contribution in [0.1, 0.15) is 25.1 Å². The molecular formula is C17H20FN5O2. The Morgan fingerprint density at radius 3 is 2.92 bits per heavy atom. The first-order valence-corrected chi connectivity index (χ1v) is 8.63. The van der Waals surface area contributed by atoms with Gasteiger partial charge in [0.1, 0.15) is 18.3 Å². The number of aromatic nitrogens is 4. The molecule has 0 bridgehead atoms. The van der Waals surface area contributed by atoms with Gasteiger partial charge in [0.05, 0.1) is 5.92 Å². The smallest absolute Gasteiger partial charge is 0.250 e. The van der Waals surface area contributed by atoms with Gasteiger partial charge in [-0.1, -0.05) is 0 Å². The molecule has 2 aliphatic heterocycles. The van der Waals surface area contributed by atoms with Gasteiger partial charge < -0.3 is 14.2 Å². The number of hydrogen-bond donors (Lipinski definition) is 0. The van der Waals surface area contributed by atoms with Crippen LogP contribution in [0.4, 0.5) is 4.39 Å². The second-order valence-corrected chi connectivity index (χ2v) is 6.57. The molecule has 1 saturated heterocycles. The zero-order valence-corrected chi connectivity index (χ0v) is 13.8. The number of halogens is 1. The SMILES string of the molecule is O=C(C1CCc2nncn2C1)N1CCC(Oc2ncccc2F)CC1. The monoisotopic (exact) mass is 345 g/mol. The molecule has 1 amide bonds. The molecule has 4 rings (SSSR count). The van der Waals surface area contributed by atoms with Crippen LogP contribution in [0.5, 0.6) is 5.88 Å². The van der Waals surface area contributed by atoms with Crippen molar-refractivity contribution in [3.8, 4) is 5.88 Å². The van der Waals surface area contributed by atoms with Gasteiger partial charge in [0.2, 0.25) is 5.91 Å². The first kappa shape index (κ1) is 16.0. The molecule has 1 fully saturated rings.